The second-order valence-corrected chi connectivity index (χ2v) is 7.76. The van der Waals surface area contributed by atoms with Crippen LogP contribution in [0.1, 0.15) is 29.7 Å². The molecule has 0 N–H and O–H groups in total. The number of nitrogens with zero attached hydrogens (tertiary/aromatic N) is 3. The topological polar surface area (TPSA) is 36.4 Å². The van der Waals surface area contributed by atoms with Crippen LogP contribution in [0.2, 0.25) is 0 Å². The molecule has 2 heterocycles. The summed E-state index contributed by atoms with van der Waals surface area (Å²) in [5.41, 5.74) is 3.67. The predicted octanol–water partition coefficient (Wildman–Crippen LogP) is 3.35. The first-order chi connectivity index (χ1) is 13.1. The van der Waals surface area contributed by atoms with Crippen LogP contribution in [0.4, 0.5) is 0 Å². The largest absolute Gasteiger partial charge is 0.345 e. The summed E-state index contributed by atoms with van der Waals surface area (Å²) in [5.74, 6) is 0.721. The number of aromatic nitrogens is 1. The van der Waals surface area contributed by atoms with Gasteiger partial charge in [0.05, 0.1) is 6.42 Å². The number of likely N-dealkylation sites (tertiary alicyclic amines) is 1. The van der Waals surface area contributed by atoms with E-state index in [4.69, 9.17) is 0 Å². The Kier molecular flexibility index (Phi) is 6.99. The van der Waals surface area contributed by atoms with Gasteiger partial charge in [-0.05, 0) is 61.9 Å². The zero-order valence-electron chi connectivity index (χ0n) is 16.6. The third-order valence-electron chi connectivity index (χ3n) is 5.58. The van der Waals surface area contributed by atoms with Crippen molar-refractivity contribution in [2.75, 3.05) is 33.2 Å². The maximum atomic E-state index is 12.5. The van der Waals surface area contributed by atoms with E-state index in [1.807, 2.05) is 30.1 Å². The summed E-state index contributed by atoms with van der Waals surface area (Å²) < 4.78 is 0. The number of likely N-dealkylation sites (N-methyl/N-ethyl adjacent to an activating group) is 1. The van der Waals surface area contributed by atoms with E-state index in [0.717, 1.165) is 31.7 Å². The van der Waals surface area contributed by atoms with Crippen molar-refractivity contribution in [3.63, 3.8) is 0 Å². The first-order valence-corrected chi connectivity index (χ1v) is 10.0. The Morgan fingerprint density at radius 2 is 2.04 bits per heavy atom. The van der Waals surface area contributed by atoms with Crippen LogP contribution in [0.25, 0.3) is 0 Å². The van der Waals surface area contributed by atoms with Crippen LogP contribution >= 0.6 is 0 Å². The number of hydrogen-bond donors (Lipinski definition) is 0. The standard InChI is InChI=1S/C23H31N3O/c1-19-8-3-4-10-21(19)12-15-26-14-7-9-20(18-26)17-25(2)23(27)16-22-11-5-6-13-24-22/h3-6,8,10-11,13,20H,7,9,12,14-18H2,1-2H3/t20-/m1/s1. The summed E-state index contributed by atoms with van der Waals surface area (Å²) >= 11 is 0. The smallest absolute Gasteiger partial charge is 0.228 e. The van der Waals surface area contributed by atoms with Gasteiger partial charge in [-0.3, -0.25) is 9.78 Å². The Balaban J connectivity index is 1.46. The Morgan fingerprint density at radius 1 is 1.22 bits per heavy atom. The number of aryl methyl sites for hydroxylation is 1. The van der Waals surface area contributed by atoms with E-state index in [9.17, 15) is 4.79 Å². The lowest BCUT2D eigenvalue weighted by Gasteiger charge is -2.34. The number of benzene rings is 1. The molecule has 0 radical (unpaired) electrons. The lowest BCUT2D eigenvalue weighted by Crippen LogP contribution is -2.42. The molecule has 1 aromatic heterocycles. The van der Waals surface area contributed by atoms with E-state index in [1.54, 1.807) is 6.20 Å². The summed E-state index contributed by atoms with van der Waals surface area (Å²) in [5, 5.41) is 0. The highest BCUT2D eigenvalue weighted by atomic mass is 16.2. The van der Waals surface area contributed by atoms with E-state index in [-0.39, 0.29) is 5.91 Å². The summed E-state index contributed by atoms with van der Waals surface area (Å²) in [6.07, 6.45) is 5.67. The normalized spacial score (nSPS) is 17.6. The van der Waals surface area contributed by atoms with Crippen LogP contribution in [-0.4, -0.2) is 53.9 Å². The van der Waals surface area contributed by atoms with Gasteiger partial charge in [0.15, 0.2) is 0 Å². The fourth-order valence-electron chi connectivity index (χ4n) is 3.95. The molecule has 1 fully saturated rings. The van der Waals surface area contributed by atoms with Crippen molar-refractivity contribution in [1.82, 2.24) is 14.8 Å². The highest BCUT2D eigenvalue weighted by Crippen LogP contribution is 2.19. The average molecular weight is 366 g/mol. The number of carbonyl (C=O) groups is 1. The van der Waals surface area contributed by atoms with Gasteiger partial charge in [-0.2, -0.15) is 0 Å². The molecule has 2 aromatic rings. The van der Waals surface area contributed by atoms with Crippen molar-refractivity contribution in [2.45, 2.75) is 32.6 Å². The van der Waals surface area contributed by atoms with Crippen molar-refractivity contribution in [3.05, 3.63) is 65.5 Å². The summed E-state index contributed by atoms with van der Waals surface area (Å²) in [6.45, 7) is 6.40. The van der Waals surface area contributed by atoms with Crippen molar-refractivity contribution < 1.29 is 4.79 Å². The van der Waals surface area contributed by atoms with Crippen molar-refractivity contribution in [2.24, 2.45) is 5.92 Å². The van der Waals surface area contributed by atoms with E-state index in [0.29, 0.717) is 12.3 Å². The van der Waals surface area contributed by atoms with Crippen LogP contribution in [0, 0.1) is 12.8 Å². The molecule has 4 nitrogen and oxygen atoms in total. The minimum absolute atomic E-state index is 0.158. The van der Waals surface area contributed by atoms with Crippen molar-refractivity contribution in [1.29, 1.82) is 0 Å². The molecule has 0 aliphatic carbocycles. The molecule has 0 spiro atoms. The molecule has 0 bridgehead atoms. The van der Waals surface area contributed by atoms with Gasteiger partial charge in [-0.15, -0.1) is 0 Å². The molecule has 1 aromatic carbocycles. The molecule has 0 saturated carbocycles. The van der Waals surface area contributed by atoms with Gasteiger partial charge in [0, 0.05) is 38.6 Å². The molecule has 1 atom stereocenters. The molecule has 27 heavy (non-hydrogen) atoms. The number of amides is 1. The zero-order valence-corrected chi connectivity index (χ0v) is 16.6. The lowest BCUT2D eigenvalue weighted by atomic mass is 9.96. The molecule has 3 rings (SSSR count). The van der Waals surface area contributed by atoms with E-state index in [1.165, 1.54) is 30.5 Å². The lowest BCUT2D eigenvalue weighted by molar-refractivity contribution is -0.130. The molecular formula is C23H31N3O. The minimum atomic E-state index is 0.158. The molecule has 4 heteroatoms. The highest BCUT2D eigenvalue weighted by molar-refractivity contribution is 5.78. The zero-order chi connectivity index (χ0) is 19.1. The number of rotatable bonds is 7. The summed E-state index contributed by atoms with van der Waals surface area (Å²) in [4.78, 5) is 21.2. The van der Waals surface area contributed by atoms with Crippen molar-refractivity contribution in [3.8, 4) is 0 Å². The maximum Gasteiger partial charge on any atom is 0.228 e. The van der Waals surface area contributed by atoms with E-state index >= 15 is 0 Å². The Hall–Kier alpha value is -2.20. The Morgan fingerprint density at radius 3 is 2.81 bits per heavy atom. The fourth-order valence-corrected chi connectivity index (χ4v) is 3.95. The van der Waals surface area contributed by atoms with Gasteiger partial charge in [0.1, 0.15) is 0 Å². The maximum absolute atomic E-state index is 12.5. The van der Waals surface area contributed by atoms with Crippen LogP contribution in [-0.2, 0) is 17.6 Å². The number of piperidine rings is 1. The van der Waals surface area contributed by atoms with Gasteiger partial charge in [-0.1, -0.05) is 30.3 Å². The predicted molar refractivity (Wildman–Crippen MR) is 110 cm³/mol. The van der Waals surface area contributed by atoms with Crippen LogP contribution < -0.4 is 0 Å². The monoisotopic (exact) mass is 365 g/mol. The molecule has 0 unspecified atom stereocenters. The third-order valence-corrected chi connectivity index (χ3v) is 5.58. The molecule has 1 saturated heterocycles. The minimum Gasteiger partial charge on any atom is -0.345 e. The van der Waals surface area contributed by atoms with Gasteiger partial charge in [0.25, 0.3) is 0 Å². The van der Waals surface area contributed by atoms with Crippen LogP contribution in [0.3, 0.4) is 0 Å². The molecule has 1 aliphatic heterocycles. The average Bonchev–Trinajstić information content (AvgIpc) is 2.68. The van der Waals surface area contributed by atoms with Crippen molar-refractivity contribution >= 4 is 5.91 Å². The second kappa shape index (κ2) is 9.65. The number of hydrogen-bond acceptors (Lipinski definition) is 3. The van der Waals surface area contributed by atoms with Gasteiger partial charge in [-0.25, -0.2) is 0 Å². The number of carbonyl (C=O) groups excluding carboxylic acids is 1. The first kappa shape index (κ1) is 19.6. The van der Waals surface area contributed by atoms with Crippen LogP contribution in [0.15, 0.2) is 48.7 Å². The second-order valence-electron chi connectivity index (χ2n) is 7.76. The first-order valence-electron chi connectivity index (χ1n) is 10.0. The Bertz CT molecular complexity index is 731. The van der Waals surface area contributed by atoms with Gasteiger partial charge in [0.2, 0.25) is 5.91 Å². The van der Waals surface area contributed by atoms with Crippen LogP contribution in [0.5, 0.6) is 0 Å². The van der Waals surface area contributed by atoms with Gasteiger partial charge >= 0.3 is 0 Å². The highest BCUT2D eigenvalue weighted by Gasteiger charge is 2.22. The third kappa shape index (κ3) is 5.90. The van der Waals surface area contributed by atoms with Gasteiger partial charge < -0.3 is 9.80 Å². The molecular weight excluding hydrogens is 334 g/mol. The molecule has 1 aliphatic rings. The van der Waals surface area contributed by atoms with E-state index in [2.05, 4.69) is 41.1 Å². The molecule has 1 amide bonds. The SMILES string of the molecule is Cc1ccccc1CCN1CCC[C@H](CN(C)C(=O)Cc2ccccn2)C1. The summed E-state index contributed by atoms with van der Waals surface area (Å²) in [6, 6.07) is 14.4. The molecule has 144 valence electrons. The van der Waals surface area contributed by atoms with E-state index < -0.39 is 0 Å². The fraction of sp³-hybridized carbons (Fsp3) is 0.478. The Labute approximate surface area is 163 Å². The number of pyridine rings is 1. The quantitative estimate of drug-likeness (QED) is 0.755. The summed E-state index contributed by atoms with van der Waals surface area (Å²) in [7, 11) is 1.93.